The standard InChI is InChI=1S/C21H21ClN2O3/c1-9-15(22)4-3-5-16(9)23-19(25)10(2)24-20(26)17-11-6-7-12(14-8-13(11)14)18(17)21(24)27/h3-7,10-14,17-18H,8H2,1-2H3,(H,23,25)/t10-,11+,12+,13+,14+,17-,18+/m0/s1. The van der Waals surface area contributed by atoms with Crippen LogP contribution in [0, 0.1) is 42.4 Å². The number of amides is 3. The van der Waals surface area contributed by atoms with Crippen molar-refractivity contribution < 1.29 is 14.4 Å². The summed E-state index contributed by atoms with van der Waals surface area (Å²) in [6.07, 6.45) is 5.39. The monoisotopic (exact) mass is 384 g/mol. The van der Waals surface area contributed by atoms with Gasteiger partial charge in [-0.1, -0.05) is 29.8 Å². The van der Waals surface area contributed by atoms with Gasteiger partial charge in [0.05, 0.1) is 11.8 Å². The van der Waals surface area contributed by atoms with Crippen molar-refractivity contribution in [2.24, 2.45) is 35.5 Å². The van der Waals surface area contributed by atoms with E-state index in [0.29, 0.717) is 22.5 Å². The fourth-order valence-electron chi connectivity index (χ4n) is 5.46. The summed E-state index contributed by atoms with van der Waals surface area (Å²) < 4.78 is 0. The van der Waals surface area contributed by atoms with E-state index in [4.69, 9.17) is 11.6 Å². The van der Waals surface area contributed by atoms with Gasteiger partial charge in [0.1, 0.15) is 6.04 Å². The molecule has 1 saturated heterocycles. The molecule has 5 nitrogen and oxygen atoms in total. The van der Waals surface area contributed by atoms with Crippen LogP contribution in [0.1, 0.15) is 18.9 Å². The smallest absolute Gasteiger partial charge is 0.247 e. The molecule has 7 atom stereocenters. The molecule has 4 aliphatic carbocycles. The van der Waals surface area contributed by atoms with Crippen LogP contribution in [0.15, 0.2) is 30.4 Å². The van der Waals surface area contributed by atoms with Gasteiger partial charge in [-0.05, 0) is 61.6 Å². The molecule has 1 N–H and O–H groups in total. The fraction of sp³-hybridized carbons (Fsp3) is 0.476. The molecule has 1 aromatic carbocycles. The number of nitrogens with zero attached hydrogens (tertiary/aromatic N) is 1. The molecule has 6 rings (SSSR count). The maximum absolute atomic E-state index is 13.1. The molecule has 1 heterocycles. The fourth-order valence-corrected chi connectivity index (χ4v) is 5.63. The Morgan fingerprint density at radius 1 is 1.15 bits per heavy atom. The molecule has 6 heteroatoms. The second-order valence-corrected chi connectivity index (χ2v) is 8.69. The van der Waals surface area contributed by atoms with Gasteiger partial charge in [0.2, 0.25) is 17.7 Å². The Morgan fingerprint density at radius 3 is 2.33 bits per heavy atom. The lowest BCUT2D eigenvalue weighted by Crippen LogP contribution is -2.46. The van der Waals surface area contributed by atoms with E-state index in [1.807, 2.05) is 6.92 Å². The highest BCUT2D eigenvalue weighted by Crippen LogP contribution is 2.65. The SMILES string of the molecule is Cc1c(Cl)cccc1NC(=O)[C@H](C)N1C(=O)[C@@H]2[C@@H]3C=C[C@H]([C@H]4C[C@H]34)[C@@H]2C1=O. The van der Waals surface area contributed by atoms with Crippen molar-refractivity contribution in [1.29, 1.82) is 0 Å². The van der Waals surface area contributed by atoms with E-state index >= 15 is 0 Å². The number of nitrogens with one attached hydrogen (secondary N) is 1. The molecule has 1 aliphatic heterocycles. The Bertz CT molecular complexity index is 875. The van der Waals surface area contributed by atoms with E-state index in [2.05, 4.69) is 17.5 Å². The lowest BCUT2D eigenvalue weighted by atomic mass is 9.63. The number of rotatable bonds is 3. The van der Waals surface area contributed by atoms with E-state index in [0.717, 1.165) is 12.0 Å². The maximum atomic E-state index is 13.1. The molecule has 1 aromatic rings. The zero-order valence-electron chi connectivity index (χ0n) is 15.2. The van der Waals surface area contributed by atoms with Gasteiger partial charge in [-0.15, -0.1) is 0 Å². The van der Waals surface area contributed by atoms with Crippen LogP contribution in [-0.2, 0) is 14.4 Å². The van der Waals surface area contributed by atoms with Crippen LogP contribution in [-0.4, -0.2) is 28.7 Å². The molecule has 0 spiro atoms. The van der Waals surface area contributed by atoms with Crippen molar-refractivity contribution in [2.75, 3.05) is 5.32 Å². The summed E-state index contributed by atoms with van der Waals surface area (Å²) in [6.45, 7) is 3.44. The summed E-state index contributed by atoms with van der Waals surface area (Å²) in [5.41, 5.74) is 1.36. The Morgan fingerprint density at radius 2 is 1.74 bits per heavy atom. The highest BCUT2D eigenvalue weighted by atomic mass is 35.5. The van der Waals surface area contributed by atoms with Crippen LogP contribution >= 0.6 is 11.6 Å². The van der Waals surface area contributed by atoms with Gasteiger partial charge in [0.15, 0.2) is 0 Å². The normalized spacial score (nSPS) is 36.5. The molecule has 27 heavy (non-hydrogen) atoms. The minimum Gasteiger partial charge on any atom is -0.324 e. The molecule has 0 unspecified atom stereocenters. The summed E-state index contributed by atoms with van der Waals surface area (Å²) in [5.74, 6) is 0.145. The van der Waals surface area contributed by atoms with E-state index < -0.39 is 6.04 Å². The molecular weight excluding hydrogens is 364 g/mol. The highest BCUT2D eigenvalue weighted by Gasteiger charge is 2.67. The van der Waals surface area contributed by atoms with Crippen molar-refractivity contribution in [3.05, 3.63) is 40.9 Å². The molecule has 3 amide bonds. The van der Waals surface area contributed by atoms with Gasteiger partial charge >= 0.3 is 0 Å². The van der Waals surface area contributed by atoms with Gasteiger partial charge in [0.25, 0.3) is 0 Å². The van der Waals surface area contributed by atoms with E-state index in [-0.39, 0.29) is 41.4 Å². The number of likely N-dealkylation sites (tertiary alicyclic amines) is 1. The Hall–Kier alpha value is -2.14. The Balaban J connectivity index is 1.39. The average Bonchev–Trinajstić information content (AvgIpc) is 3.42. The van der Waals surface area contributed by atoms with Gasteiger partial charge in [-0.3, -0.25) is 19.3 Å². The number of carbonyl (C=O) groups excluding carboxylic acids is 3. The third-order valence-electron chi connectivity index (χ3n) is 6.99. The largest absolute Gasteiger partial charge is 0.324 e. The van der Waals surface area contributed by atoms with E-state index in [9.17, 15) is 14.4 Å². The topological polar surface area (TPSA) is 66.5 Å². The third-order valence-corrected chi connectivity index (χ3v) is 7.40. The first kappa shape index (κ1) is 17.0. The molecule has 2 bridgehead atoms. The summed E-state index contributed by atoms with van der Waals surface area (Å²) in [5, 5.41) is 3.38. The predicted octanol–water partition coefficient (Wildman–Crippen LogP) is 3.03. The minimum atomic E-state index is -0.843. The zero-order chi connectivity index (χ0) is 19.0. The lowest BCUT2D eigenvalue weighted by Gasteiger charge is -2.37. The summed E-state index contributed by atoms with van der Waals surface area (Å²) in [6, 6.07) is 4.43. The van der Waals surface area contributed by atoms with Crippen LogP contribution in [0.3, 0.4) is 0 Å². The second-order valence-electron chi connectivity index (χ2n) is 8.28. The van der Waals surface area contributed by atoms with Crippen molar-refractivity contribution >= 4 is 35.0 Å². The number of imide groups is 1. The van der Waals surface area contributed by atoms with Crippen LogP contribution < -0.4 is 5.32 Å². The van der Waals surface area contributed by atoms with Crippen molar-refractivity contribution in [3.8, 4) is 0 Å². The Kier molecular flexibility index (Phi) is 3.57. The number of hydrogen-bond acceptors (Lipinski definition) is 3. The quantitative estimate of drug-likeness (QED) is 0.643. The first-order valence-electron chi connectivity index (χ1n) is 9.51. The van der Waals surface area contributed by atoms with Crippen LogP contribution in [0.2, 0.25) is 5.02 Å². The van der Waals surface area contributed by atoms with Gasteiger partial charge < -0.3 is 5.32 Å². The van der Waals surface area contributed by atoms with Gasteiger partial charge in [-0.25, -0.2) is 0 Å². The van der Waals surface area contributed by atoms with Gasteiger partial charge in [0, 0.05) is 10.7 Å². The zero-order valence-corrected chi connectivity index (χ0v) is 15.9. The second kappa shape index (κ2) is 5.68. The Labute approximate surface area is 162 Å². The van der Waals surface area contributed by atoms with Gasteiger partial charge in [-0.2, -0.15) is 0 Å². The number of allylic oxidation sites excluding steroid dienone is 2. The first-order chi connectivity index (χ1) is 12.9. The maximum Gasteiger partial charge on any atom is 0.247 e. The summed E-state index contributed by atoms with van der Waals surface area (Å²) in [4.78, 5) is 40.2. The van der Waals surface area contributed by atoms with E-state index in [1.165, 1.54) is 4.90 Å². The number of hydrogen-bond donors (Lipinski definition) is 1. The molecule has 0 radical (unpaired) electrons. The first-order valence-corrected chi connectivity index (χ1v) is 9.89. The summed E-state index contributed by atoms with van der Waals surface area (Å²) in [7, 11) is 0. The average molecular weight is 385 g/mol. The number of anilines is 1. The van der Waals surface area contributed by atoms with Crippen molar-refractivity contribution in [2.45, 2.75) is 26.3 Å². The minimum absolute atomic E-state index is 0.164. The third kappa shape index (κ3) is 2.27. The van der Waals surface area contributed by atoms with Crippen LogP contribution in [0.5, 0.6) is 0 Å². The molecular formula is C21H21ClN2O3. The molecule has 0 aromatic heterocycles. The number of halogens is 1. The van der Waals surface area contributed by atoms with Crippen LogP contribution in [0.4, 0.5) is 5.69 Å². The summed E-state index contributed by atoms with van der Waals surface area (Å²) >= 11 is 6.11. The highest BCUT2D eigenvalue weighted by molar-refractivity contribution is 6.31. The predicted molar refractivity (Wildman–Crippen MR) is 101 cm³/mol. The molecule has 2 saturated carbocycles. The lowest BCUT2D eigenvalue weighted by molar-refractivity contribution is -0.146. The molecule has 3 fully saturated rings. The van der Waals surface area contributed by atoms with Crippen LogP contribution in [0.25, 0.3) is 0 Å². The van der Waals surface area contributed by atoms with Crippen molar-refractivity contribution in [3.63, 3.8) is 0 Å². The van der Waals surface area contributed by atoms with E-state index in [1.54, 1.807) is 25.1 Å². The molecule has 140 valence electrons. The number of benzene rings is 1. The molecule has 5 aliphatic rings. The van der Waals surface area contributed by atoms with Crippen molar-refractivity contribution in [1.82, 2.24) is 4.90 Å². The number of carbonyl (C=O) groups is 3.